The molecule has 0 saturated carbocycles. The average Bonchev–Trinajstić information content (AvgIpc) is 3.42. The summed E-state index contributed by atoms with van der Waals surface area (Å²) in [5.41, 5.74) is 0. The lowest BCUT2D eigenvalue weighted by Gasteiger charge is -2.20. The van der Waals surface area contributed by atoms with Crippen LogP contribution >= 0.6 is 0 Å². The minimum Gasteiger partial charge on any atom is -0.466 e. The van der Waals surface area contributed by atoms with Gasteiger partial charge in [0.2, 0.25) is 5.91 Å². The fourth-order valence-corrected chi connectivity index (χ4v) is 10.9. The second-order valence-corrected chi connectivity index (χ2v) is 23.9. The van der Waals surface area contributed by atoms with Crippen molar-refractivity contribution in [1.29, 1.82) is 0 Å². The maximum Gasteiger partial charge on any atom is 0.305 e. The molecule has 2 atom stereocenters. The Labute approximate surface area is 475 Å². The molecule has 6 nitrogen and oxygen atoms in total. The van der Waals surface area contributed by atoms with Gasteiger partial charge in [-0.15, -0.1) is 0 Å². The largest absolute Gasteiger partial charge is 0.466 e. The Morgan fingerprint density at radius 3 is 0.934 bits per heavy atom. The van der Waals surface area contributed by atoms with Crippen molar-refractivity contribution in [1.82, 2.24) is 5.32 Å². The SMILES string of the molecule is CCCCCCCC/C=C\CCCCCCCCCCCC(=O)OCCCCCCCCCCCCCCCCCCC(=O)NC(CO)C(O)/C=C/CCCCCCCCCCCCCCCCCCCCCCCC. The van der Waals surface area contributed by atoms with Gasteiger partial charge in [0.25, 0.3) is 0 Å². The molecule has 0 spiro atoms. The predicted molar refractivity (Wildman–Crippen MR) is 333 cm³/mol. The zero-order valence-electron chi connectivity index (χ0n) is 51.5. The number of aliphatic hydroxyl groups excluding tert-OH is 2. The van der Waals surface area contributed by atoms with Crippen LogP contribution in [-0.4, -0.2) is 47.4 Å². The fraction of sp³-hybridized carbons (Fsp3) is 0.914. The van der Waals surface area contributed by atoms with Gasteiger partial charge in [0, 0.05) is 12.8 Å². The van der Waals surface area contributed by atoms with Crippen LogP contribution in [0.4, 0.5) is 0 Å². The van der Waals surface area contributed by atoms with Crippen LogP contribution in [0.2, 0.25) is 0 Å². The lowest BCUT2D eigenvalue weighted by atomic mass is 10.0. The number of esters is 1. The van der Waals surface area contributed by atoms with Crippen molar-refractivity contribution in [3.63, 3.8) is 0 Å². The predicted octanol–water partition coefficient (Wildman–Crippen LogP) is 22.1. The van der Waals surface area contributed by atoms with E-state index in [9.17, 15) is 19.8 Å². The molecule has 450 valence electrons. The molecule has 6 heteroatoms. The first-order valence-corrected chi connectivity index (χ1v) is 34.6. The van der Waals surface area contributed by atoms with Gasteiger partial charge in [0.15, 0.2) is 0 Å². The van der Waals surface area contributed by atoms with Gasteiger partial charge < -0.3 is 20.3 Å². The van der Waals surface area contributed by atoms with Crippen LogP contribution in [0, 0.1) is 0 Å². The van der Waals surface area contributed by atoms with Crippen molar-refractivity contribution in [3.05, 3.63) is 24.3 Å². The zero-order chi connectivity index (χ0) is 55.0. The van der Waals surface area contributed by atoms with Crippen LogP contribution in [0.5, 0.6) is 0 Å². The Balaban J connectivity index is 3.43. The summed E-state index contributed by atoms with van der Waals surface area (Å²) in [7, 11) is 0. The second-order valence-electron chi connectivity index (χ2n) is 23.9. The smallest absolute Gasteiger partial charge is 0.305 e. The van der Waals surface area contributed by atoms with Gasteiger partial charge in [-0.2, -0.15) is 0 Å². The highest BCUT2D eigenvalue weighted by molar-refractivity contribution is 5.76. The van der Waals surface area contributed by atoms with Crippen molar-refractivity contribution in [2.75, 3.05) is 13.2 Å². The minimum absolute atomic E-state index is 0.00289. The summed E-state index contributed by atoms with van der Waals surface area (Å²) in [5.74, 6) is -0.0675. The van der Waals surface area contributed by atoms with Gasteiger partial charge in [0.05, 0.1) is 25.4 Å². The molecule has 0 aliphatic heterocycles. The number of carbonyl (C=O) groups excluding carboxylic acids is 2. The lowest BCUT2D eigenvalue weighted by molar-refractivity contribution is -0.143. The number of hydrogen-bond acceptors (Lipinski definition) is 5. The van der Waals surface area contributed by atoms with Crippen molar-refractivity contribution < 1.29 is 24.5 Å². The van der Waals surface area contributed by atoms with Gasteiger partial charge in [-0.1, -0.05) is 340 Å². The van der Waals surface area contributed by atoms with E-state index in [4.69, 9.17) is 4.74 Å². The summed E-state index contributed by atoms with van der Waals surface area (Å²) in [6.07, 6.45) is 82.4. The molecule has 0 bridgehead atoms. The summed E-state index contributed by atoms with van der Waals surface area (Å²) >= 11 is 0. The first kappa shape index (κ1) is 74.3. The first-order valence-electron chi connectivity index (χ1n) is 34.6. The van der Waals surface area contributed by atoms with Crippen LogP contribution in [0.15, 0.2) is 24.3 Å². The Morgan fingerprint density at radius 1 is 0.355 bits per heavy atom. The number of carbonyl (C=O) groups is 2. The molecule has 0 aliphatic carbocycles. The topological polar surface area (TPSA) is 95.9 Å². The van der Waals surface area contributed by atoms with Crippen molar-refractivity contribution in [3.8, 4) is 0 Å². The molecule has 0 rings (SSSR count). The Morgan fingerprint density at radius 2 is 0.618 bits per heavy atom. The van der Waals surface area contributed by atoms with E-state index in [2.05, 4.69) is 31.3 Å². The van der Waals surface area contributed by atoms with Crippen molar-refractivity contribution in [2.24, 2.45) is 0 Å². The molecule has 0 radical (unpaired) electrons. The normalized spacial score (nSPS) is 12.6. The van der Waals surface area contributed by atoms with Gasteiger partial charge in [-0.25, -0.2) is 0 Å². The highest BCUT2D eigenvalue weighted by Gasteiger charge is 2.18. The van der Waals surface area contributed by atoms with E-state index in [1.54, 1.807) is 6.08 Å². The number of unbranched alkanes of at least 4 members (excludes halogenated alkanes) is 52. The molecule has 76 heavy (non-hydrogen) atoms. The molecule has 2 unspecified atom stereocenters. The molecule has 1 amide bonds. The fourth-order valence-electron chi connectivity index (χ4n) is 10.9. The van der Waals surface area contributed by atoms with Gasteiger partial charge in [-0.3, -0.25) is 9.59 Å². The molecule has 0 fully saturated rings. The molecular formula is C70H135NO5. The molecule has 0 aromatic rings. The molecule has 3 N–H and O–H groups in total. The molecular weight excluding hydrogens is 935 g/mol. The number of amides is 1. The number of hydrogen-bond donors (Lipinski definition) is 3. The van der Waals surface area contributed by atoms with Gasteiger partial charge in [0.1, 0.15) is 0 Å². The highest BCUT2D eigenvalue weighted by Crippen LogP contribution is 2.18. The number of aliphatic hydroxyl groups is 2. The summed E-state index contributed by atoms with van der Waals surface area (Å²) < 4.78 is 5.50. The monoisotopic (exact) mass is 1070 g/mol. The molecule has 0 aromatic carbocycles. The van der Waals surface area contributed by atoms with E-state index in [0.29, 0.717) is 19.4 Å². The quantitative estimate of drug-likeness (QED) is 0.0320. The summed E-state index contributed by atoms with van der Waals surface area (Å²) in [4.78, 5) is 24.6. The zero-order valence-corrected chi connectivity index (χ0v) is 51.5. The van der Waals surface area contributed by atoms with E-state index in [-0.39, 0.29) is 18.5 Å². The van der Waals surface area contributed by atoms with E-state index in [0.717, 1.165) is 44.9 Å². The molecule has 0 aliphatic rings. The number of nitrogens with one attached hydrogen (secondary N) is 1. The second kappa shape index (κ2) is 65.9. The summed E-state index contributed by atoms with van der Waals surface area (Å²) in [5, 5.41) is 23.3. The third-order valence-electron chi connectivity index (χ3n) is 16.2. The Hall–Kier alpha value is -1.66. The summed E-state index contributed by atoms with van der Waals surface area (Å²) in [6, 6.07) is -0.635. The van der Waals surface area contributed by atoms with Crippen LogP contribution in [0.1, 0.15) is 386 Å². The van der Waals surface area contributed by atoms with Gasteiger partial charge >= 0.3 is 5.97 Å². The van der Waals surface area contributed by atoms with Crippen molar-refractivity contribution >= 4 is 11.9 Å². The van der Waals surface area contributed by atoms with Crippen LogP contribution in [0.3, 0.4) is 0 Å². The number of allylic oxidation sites excluding steroid dienone is 3. The molecule has 0 heterocycles. The summed E-state index contributed by atoms with van der Waals surface area (Å²) in [6.45, 7) is 4.92. The standard InChI is InChI=1S/C70H135NO5/c1-3-5-7-9-11-13-15-17-19-21-23-24-25-26-27-29-30-34-38-42-46-50-54-58-62-68(73)67(66-72)71-69(74)63-59-55-51-47-43-39-35-32-33-37-41-45-49-53-57-61-65-76-70(75)64-60-56-52-48-44-40-36-31-28-22-20-18-16-14-12-10-8-6-4-2/h18,20,58,62,67-68,72-73H,3-17,19,21-57,59-61,63-66H2,1-2H3,(H,71,74)/b20-18-,62-58+. The lowest BCUT2D eigenvalue weighted by Crippen LogP contribution is -2.45. The van der Waals surface area contributed by atoms with Crippen molar-refractivity contribution in [2.45, 2.75) is 398 Å². The first-order chi connectivity index (χ1) is 37.5. The average molecular weight is 1070 g/mol. The van der Waals surface area contributed by atoms with Crippen LogP contribution in [-0.2, 0) is 14.3 Å². The minimum atomic E-state index is -0.851. The third-order valence-corrected chi connectivity index (χ3v) is 16.2. The van der Waals surface area contributed by atoms with Crippen LogP contribution in [0.25, 0.3) is 0 Å². The maximum atomic E-state index is 12.5. The van der Waals surface area contributed by atoms with Gasteiger partial charge in [-0.05, 0) is 57.8 Å². The highest BCUT2D eigenvalue weighted by atomic mass is 16.5. The third kappa shape index (κ3) is 61.6. The molecule has 0 aromatic heterocycles. The van der Waals surface area contributed by atoms with Crippen LogP contribution < -0.4 is 5.32 Å². The number of rotatable bonds is 65. The Bertz CT molecular complexity index is 1190. The maximum absolute atomic E-state index is 12.5. The molecule has 0 saturated heterocycles. The Kier molecular flexibility index (Phi) is 64.4. The number of ether oxygens (including phenoxy) is 1. The van der Waals surface area contributed by atoms with E-state index >= 15 is 0 Å². The van der Waals surface area contributed by atoms with E-state index in [1.807, 2.05) is 6.08 Å². The van der Waals surface area contributed by atoms with E-state index < -0.39 is 12.1 Å². The van der Waals surface area contributed by atoms with E-state index in [1.165, 1.54) is 315 Å².